The Morgan fingerprint density at radius 1 is 1.30 bits per heavy atom. The number of H-pyrrole nitrogens is 1. The van der Waals surface area contributed by atoms with Gasteiger partial charge in [0.2, 0.25) is 5.95 Å². The van der Waals surface area contributed by atoms with Gasteiger partial charge in [-0.25, -0.2) is 9.37 Å². The number of rotatable bonds is 4. The third-order valence-electron chi connectivity index (χ3n) is 2.87. The number of nitrogens with zero attached hydrogens (tertiary/aromatic N) is 4. The molecule has 0 atom stereocenters. The van der Waals surface area contributed by atoms with Gasteiger partial charge in [0.25, 0.3) is 0 Å². The fraction of sp³-hybridized carbons (Fsp3) is 0.231. The van der Waals surface area contributed by atoms with E-state index < -0.39 is 5.82 Å². The molecule has 3 rings (SSSR count). The zero-order chi connectivity index (χ0) is 13.9. The van der Waals surface area contributed by atoms with E-state index in [9.17, 15) is 4.39 Å². The lowest BCUT2D eigenvalue weighted by atomic mass is 10.1. The molecule has 20 heavy (non-hydrogen) atoms. The Hall–Kier alpha value is -2.57. The maximum Gasteiger partial charge on any atom is 0.225 e. The average molecular weight is 272 g/mol. The van der Waals surface area contributed by atoms with Crippen LogP contribution in [0.2, 0.25) is 0 Å². The largest absolute Gasteiger partial charge is 0.354 e. The number of hydrogen-bond acceptors (Lipinski definition) is 5. The van der Waals surface area contributed by atoms with E-state index in [1.165, 1.54) is 12.4 Å². The van der Waals surface area contributed by atoms with Crippen molar-refractivity contribution in [3.63, 3.8) is 0 Å². The average Bonchev–Trinajstić information content (AvgIpc) is 2.93. The van der Waals surface area contributed by atoms with Crippen LogP contribution in [0.15, 0.2) is 24.7 Å². The van der Waals surface area contributed by atoms with Crippen LogP contribution in [-0.2, 0) is 0 Å². The van der Waals surface area contributed by atoms with Gasteiger partial charge in [0.1, 0.15) is 0 Å². The Balaban J connectivity index is 2.17. The van der Waals surface area contributed by atoms with Gasteiger partial charge in [-0.05, 0) is 12.5 Å². The van der Waals surface area contributed by atoms with Crippen LogP contribution in [-0.4, -0.2) is 31.7 Å². The summed E-state index contributed by atoms with van der Waals surface area (Å²) < 4.78 is 13.9. The number of halogens is 1. The number of aromatic amines is 1. The lowest BCUT2D eigenvalue weighted by Gasteiger charge is -2.07. The van der Waals surface area contributed by atoms with Gasteiger partial charge in [0, 0.05) is 18.3 Å². The van der Waals surface area contributed by atoms with Gasteiger partial charge < -0.3 is 5.32 Å². The summed E-state index contributed by atoms with van der Waals surface area (Å²) >= 11 is 0. The molecule has 0 aliphatic carbocycles. The van der Waals surface area contributed by atoms with E-state index in [2.05, 4.69) is 30.5 Å². The Kier molecular flexibility index (Phi) is 3.24. The highest BCUT2D eigenvalue weighted by molar-refractivity contribution is 5.90. The number of nitrogens with one attached hydrogen (secondary N) is 2. The smallest absolute Gasteiger partial charge is 0.225 e. The van der Waals surface area contributed by atoms with Crippen molar-refractivity contribution in [3.8, 4) is 11.3 Å². The molecule has 0 aromatic carbocycles. The maximum absolute atomic E-state index is 13.9. The molecule has 0 aliphatic rings. The lowest BCUT2D eigenvalue weighted by molar-refractivity contribution is 0.624. The second-order valence-corrected chi connectivity index (χ2v) is 4.31. The molecule has 3 aromatic heterocycles. The van der Waals surface area contributed by atoms with Gasteiger partial charge in [-0.1, -0.05) is 6.92 Å². The van der Waals surface area contributed by atoms with Crippen LogP contribution in [0.1, 0.15) is 13.3 Å². The van der Waals surface area contributed by atoms with Crippen LogP contribution in [0, 0.1) is 5.82 Å². The predicted octanol–water partition coefficient (Wildman–Crippen LogP) is 2.38. The van der Waals surface area contributed by atoms with E-state index in [1.54, 1.807) is 12.3 Å². The number of hydrogen-bond donors (Lipinski definition) is 2. The summed E-state index contributed by atoms with van der Waals surface area (Å²) in [6, 6.07) is 1.59. The first kappa shape index (κ1) is 12.5. The molecule has 7 heteroatoms. The number of anilines is 1. The Labute approximate surface area is 114 Å². The molecule has 0 unspecified atom stereocenters. The van der Waals surface area contributed by atoms with Gasteiger partial charge in [-0.15, -0.1) is 0 Å². The van der Waals surface area contributed by atoms with E-state index in [4.69, 9.17) is 0 Å². The Morgan fingerprint density at radius 3 is 3.00 bits per heavy atom. The van der Waals surface area contributed by atoms with Crippen LogP contribution < -0.4 is 5.32 Å². The van der Waals surface area contributed by atoms with Crippen molar-refractivity contribution in [1.29, 1.82) is 0 Å². The lowest BCUT2D eigenvalue weighted by Crippen LogP contribution is -2.05. The highest BCUT2D eigenvalue weighted by Crippen LogP contribution is 2.27. The number of pyridine rings is 1. The zero-order valence-corrected chi connectivity index (χ0v) is 10.9. The minimum absolute atomic E-state index is 0.383. The van der Waals surface area contributed by atoms with Gasteiger partial charge in [0.05, 0.1) is 23.5 Å². The molecule has 0 saturated heterocycles. The third kappa shape index (κ3) is 2.18. The molecule has 0 saturated carbocycles. The monoisotopic (exact) mass is 272 g/mol. The van der Waals surface area contributed by atoms with E-state index in [-0.39, 0.29) is 0 Å². The molecular formula is C13H13FN6. The molecule has 6 nitrogen and oxygen atoms in total. The number of fused-ring (bicyclic) bond motifs is 1. The second kappa shape index (κ2) is 5.20. The molecular weight excluding hydrogens is 259 g/mol. The van der Waals surface area contributed by atoms with Crippen molar-refractivity contribution in [2.45, 2.75) is 13.3 Å². The topological polar surface area (TPSA) is 79.4 Å². The molecule has 3 aromatic rings. The van der Waals surface area contributed by atoms with Crippen molar-refractivity contribution in [1.82, 2.24) is 25.1 Å². The molecule has 2 N–H and O–H groups in total. The first-order valence-electron chi connectivity index (χ1n) is 6.34. The highest BCUT2D eigenvalue weighted by atomic mass is 19.1. The fourth-order valence-electron chi connectivity index (χ4n) is 1.92. The quantitative estimate of drug-likeness (QED) is 0.762. The van der Waals surface area contributed by atoms with Crippen LogP contribution >= 0.6 is 0 Å². The molecule has 0 fully saturated rings. The first-order valence-corrected chi connectivity index (χ1v) is 6.34. The minimum Gasteiger partial charge on any atom is -0.354 e. The van der Waals surface area contributed by atoms with Crippen LogP contribution in [0.3, 0.4) is 0 Å². The summed E-state index contributed by atoms with van der Waals surface area (Å²) in [6.07, 6.45) is 5.24. The first-order chi connectivity index (χ1) is 9.79. The van der Waals surface area contributed by atoms with Crippen molar-refractivity contribution < 1.29 is 4.39 Å². The van der Waals surface area contributed by atoms with Crippen molar-refractivity contribution in [2.24, 2.45) is 0 Å². The zero-order valence-electron chi connectivity index (χ0n) is 10.9. The van der Waals surface area contributed by atoms with Crippen molar-refractivity contribution in [3.05, 3.63) is 30.5 Å². The standard InChI is InChI=1S/C13H13FN6/c1-2-4-16-13-18-11(8-3-5-15-7-10(8)14)9-6-17-20-12(9)19-13/h3,5-7H,2,4H2,1H3,(H2,16,17,18,19,20). The summed E-state index contributed by atoms with van der Waals surface area (Å²) in [7, 11) is 0. The van der Waals surface area contributed by atoms with E-state index in [1.807, 2.05) is 6.92 Å². The second-order valence-electron chi connectivity index (χ2n) is 4.31. The summed E-state index contributed by atoms with van der Waals surface area (Å²) in [4.78, 5) is 12.5. The highest BCUT2D eigenvalue weighted by Gasteiger charge is 2.14. The minimum atomic E-state index is -0.421. The summed E-state index contributed by atoms with van der Waals surface area (Å²) in [5, 5.41) is 10.5. The van der Waals surface area contributed by atoms with Gasteiger partial charge in [-0.2, -0.15) is 10.1 Å². The van der Waals surface area contributed by atoms with Crippen LogP contribution in [0.4, 0.5) is 10.3 Å². The van der Waals surface area contributed by atoms with Crippen molar-refractivity contribution in [2.75, 3.05) is 11.9 Å². The van der Waals surface area contributed by atoms with Gasteiger partial charge in [-0.3, -0.25) is 10.1 Å². The van der Waals surface area contributed by atoms with E-state index in [0.29, 0.717) is 28.2 Å². The third-order valence-corrected chi connectivity index (χ3v) is 2.87. The molecule has 0 aliphatic heterocycles. The summed E-state index contributed by atoms with van der Waals surface area (Å²) in [5.74, 6) is 0.0324. The predicted molar refractivity (Wildman–Crippen MR) is 73.7 cm³/mol. The van der Waals surface area contributed by atoms with Gasteiger partial charge >= 0.3 is 0 Å². The van der Waals surface area contributed by atoms with Crippen LogP contribution in [0.25, 0.3) is 22.3 Å². The Morgan fingerprint density at radius 2 is 2.20 bits per heavy atom. The molecule has 0 radical (unpaired) electrons. The SMILES string of the molecule is CCCNc1nc(-c2ccncc2F)c2cn[nH]c2n1. The molecule has 3 heterocycles. The van der Waals surface area contributed by atoms with E-state index in [0.717, 1.165) is 13.0 Å². The van der Waals surface area contributed by atoms with Crippen LogP contribution in [0.5, 0.6) is 0 Å². The Bertz CT molecular complexity index is 739. The number of aromatic nitrogens is 5. The molecule has 0 bridgehead atoms. The molecule has 102 valence electrons. The van der Waals surface area contributed by atoms with Gasteiger partial charge in [0.15, 0.2) is 11.5 Å². The molecule has 0 spiro atoms. The summed E-state index contributed by atoms with van der Waals surface area (Å²) in [6.45, 7) is 2.79. The summed E-state index contributed by atoms with van der Waals surface area (Å²) in [5.41, 5.74) is 1.46. The van der Waals surface area contributed by atoms with E-state index >= 15 is 0 Å². The maximum atomic E-state index is 13.9. The van der Waals surface area contributed by atoms with Crippen molar-refractivity contribution >= 4 is 17.0 Å². The normalized spacial score (nSPS) is 10.9. The fourth-order valence-corrected chi connectivity index (χ4v) is 1.92. The molecule has 0 amide bonds.